The molecule has 23 heavy (non-hydrogen) atoms. The molecule has 0 fully saturated rings. The molecule has 0 saturated carbocycles. The Morgan fingerprint density at radius 3 is 2.78 bits per heavy atom. The Hall–Kier alpha value is -2.12. The van der Waals surface area contributed by atoms with Crippen LogP contribution in [-0.2, 0) is 16.6 Å². The van der Waals surface area contributed by atoms with E-state index in [9.17, 15) is 9.59 Å². The summed E-state index contributed by atoms with van der Waals surface area (Å²) in [7, 11) is 3.00. The molecule has 3 rings (SSSR count). The molecule has 0 radical (unpaired) electrons. The fraction of sp³-hybridized carbons (Fsp3) is 0.188. The molecule has 118 valence electrons. The van der Waals surface area contributed by atoms with Crippen LogP contribution in [0.15, 0.2) is 46.3 Å². The molecule has 0 bridgehead atoms. The predicted octanol–water partition coefficient (Wildman–Crippen LogP) is 2.93. The largest absolute Gasteiger partial charge is 0.468 e. The highest BCUT2D eigenvalue weighted by molar-refractivity contribution is 7.99. The third kappa shape index (κ3) is 3.16. The van der Waals surface area contributed by atoms with Crippen molar-refractivity contribution in [3.8, 4) is 10.4 Å². The molecule has 0 saturated heterocycles. The SMILES string of the molecule is COC(=O)CSc1nc2cc(-c3ccccc3)sc2c(=O)n1C. The van der Waals surface area contributed by atoms with Crippen LogP contribution in [0.3, 0.4) is 0 Å². The number of thiophene rings is 1. The van der Waals surface area contributed by atoms with Gasteiger partial charge in [-0.1, -0.05) is 42.1 Å². The third-order valence-corrected chi connectivity index (χ3v) is 5.48. The second-order valence-electron chi connectivity index (χ2n) is 4.81. The average molecular weight is 346 g/mol. The lowest BCUT2D eigenvalue weighted by atomic mass is 10.2. The van der Waals surface area contributed by atoms with Crippen LogP contribution in [-0.4, -0.2) is 28.4 Å². The van der Waals surface area contributed by atoms with Gasteiger partial charge in [-0.3, -0.25) is 14.2 Å². The Morgan fingerprint density at radius 2 is 2.09 bits per heavy atom. The molecule has 0 aliphatic heterocycles. The van der Waals surface area contributed by atoms with Crippen LogP contribution in [0.2, 0.25) is 0 Å². The summed E-state index contributed by atoms with van der Waals surface area (Å²) in [6.45, 7) is 0. The lowest BCUT2D eigenvalue weighted by Crippen LogP contribution is -2.19. The van der Waals surface area contributed by atoms with Gasteiger partial charge >= 0.3 is 5.97 Å². The number of nitrogens with zero attached hydrogens (tertiary/aromatic N) is 2. The van der Waals surface area contributed by atoms with Crippen molar-refractivity contribution in [2.45, 2.75) is 5.16 Å². The van der Waals surface area contributed by atoms with Crippen LogP contribution in [0.5, 0.6) is 0 Å². The summed E-state index contributed by atoms with van der Waals surface area (Å²) in [6.07, 6.45) is 0. The summed E-state index contributed by atoms with van der Waals surface area (Å²) in [5.74, 6) is -0.225. The summed E-state index contributed by atoms with van der Waals surface area (Å²) < 4.78 is 6.71. The number of thioether (sulfide) groups is 1. The Labute approximate surface area is 140 Å². The summed E-state index contributed by atoms with van der Waals surface area (Å²) in [6, 6.07) is 11.8. The molecule has 3 aromatic rings. The van der Waals surface area contributed by atoms with E-state index in [1.54, 1.807) is 7.05 Å². The Balaban J connectivity index is 2.04. The minimum Gasteiger partial charge on any atom is -0.468 e. The quantitative estimate of drug-likeness (QED) is 0.413. The molecule has 5 nitrogen and oxygen atoms in total. The van der Waals surface area contributed by atoms with Crippen molar-refractivity contribution in [1.29, 1.82) is 0 Å². The number of hydrogen-bond donors (Lipinski definition) is 0. The zero-order chi connectivity index (χ0) is 16.4. The van der Waals surface area contributed by atoms with Gasteiger partial charge in [-0.05, 0) is 11.6 Å². The maximum atomic E-state index is 12.5. The van der Waals surface area contributed by atoms with Crippen molar-refractivity contribution < 1.29 is 9.53 Å². The number of benzene rings is 1. The number of hydrogen-bond acceptors (Lipinski definition) is 6. The van der Waals surface area contributed by atoms with Crippen molar-refractivity contribution in [3.63, 3.8) is 0 Å². The number of aromatic nitrogens is 2. The lowest BCUT2D eigenvalue weighted by Gasteiger charge is -2.05. The van der Waals surface area contributed by atoms with Gasteiger partial charge in [0.15, 0.2) is 5.16 Å². The van der Waals surface area contributed by atoms with Gasteiger partial charge in [0, 0.05) is 11.9 Å². The van der Waals surface area contributed by atoms with Crippen molar-refractivity contribution in [2.75, 3.05) is 12.9 Å². The normalized spacial score (nSPS) is 10.9. The standard InChI is InChI=1S/C16H14N2O3S2/c1-18-15(20)14-11(17-16(18)22-9-13(19)21-2)8-12(23-14)10-6-4-3-5-7-10/h3-8H,9H2,1-2H3. The van der Waals surface area contributed by atoms with Crippen molar-refractivity contribution in [3.05, 3.63) is 46.8 Å². The minimum atomic E-state index is -0.348. The first-order chi connectivity index (χ1) is 11.1. The van der Waals surface area contributed by atoms with Crippen molar-refractivity contribution >= 4 is 39.3 Å². The van der Waals surface area contributed by atoms with E-state index < -0.39 is 0 Å². The van der Waals surface area contributed by atoms with Gasteiger partial charge in [0.2, 0.25) is 0 Å². The molecular formula is C16H14N2O3S2. The predicted molar refractivity (Wildman–Crippen MR) is 93.0 cm³/mol. The summed E-state index contributed by atoms with van der Waals surface area (Å²) >= 11 is 2.63. The van der Waals surface area contributed by atoms with Gasteiger partial charge in [-0.15, -0.1) is 11.3 Å². The zero-order valence-corrected chi connectivity index (χ0v) is 14.2. The molecule has 0 aliphatic rings. The smallest absolute Gasteiger partial charge is 0.316 e. The molecular weight excluding hydrogens is 332 g/mol. The molecule has 0 N–H and O–H groups in total. The van der Waals surface area contributed by atoms with Gasteiger partial charge in [-0.25, -0.2) is 4.98 Å². The average Bonchev–Trinajstić information content (AvgIpc) is 3.01. The summed E-state index contributed by atoms with van der Waals surface area (Å²) in [4.78, 5) is 29.3. The first kappa shape index (κ1) is 15.8. The molecule has 7 heteroatoms. The maximum Gasteiger partial charge on any atom is 0.316 e. The van der Waals surface area contributed by atoms with E-state index in [1.807, 2.05) is 36.4 Å². The van der Waals surface area contributed by atoms with E-state index in [1.165, 1.54) is 34.8 Å². The molecule has 2 aromatic heterocycles. The fourth-order valence-electron chi connectivity index (χ4n) is 2.09. The first-order valence-corrected chi connectivity index (χ1v) is 8.66. The van der Waals surface area contributed by atoms with E-state index in [4.69, 9.17) is 0 Å². The Bertz CT molecular complexity index is 916. The maximum absolute atomic E-state index is 12.5. The van der Waals surface area contributed by atoms with Crippen LogP contribution in [0, 0.1) is 0 Å². The monoisotopic (exact) mass is 346 g/mol. The molecule has 1 aromatic carbocycles. The number of carbonyl (C=O) groups excluding carboxylic acids is 1. The summed E-state index contributed by atoms with van der Waals surface area (Å²) in [5, 5.41) is 0.505. The van der Waals surface area contributed by atoms with Crippen LogP contribution in [0.4, 0.5) is 0 Å². The summed E-state index contributed by atoms with van der Waals surface area (Å²) in [5.41, 5.74) is 1.61. The number of esters is 1. The van der Waals surface area contributed by atoms with Crippen LogP contribution >= 0.6 is 23.1 Å². The van der Waals surface area contributed by atoms with Crippen LogP contribution < -0.4 is 5.56 Å². The number of fused-ring (bicyclic) bond motifs is 1. The number of rotatable bonds is 4. The number of methoxy groups -OCH3 is 1. The van der Waals surface area contributed by atoms with E-state index in [-0.39, 0.29) is 17.3 Å². The molecule has 0 amide bonds. The Morgan fingerprint density at radius 1 is 1.35 bits per heavy atom. The van der Waals surface area contributed by atoms with E-state index >= 15 is 0 Å². The van der Waals surface area contributed by atoms with Gasteiger partial charge in [-0.2, -0.15) is 0 Å². The highest BCUT2D eigenvalue weighted by Gasteiger charge is 2.14. The topological polar surface area (TPSA) is 61.2 Å². The van der Waals surface area contributed by atoms with E-state index in [0.717, 1.165) is 10.4 Å². The molecule has 0 aliphatic carbocycles. The zero-order valence-electron chi connectivity index (χ0n) is 12.6. The van der Waals surface area contributed by atoms with Crippen LogP contribution in [0.1, 0.15) is 0 Å². The molecule has 0 atom stereocenters. The second-order valence-corrected chi connectivity index (χ2v) is 6.81. The number of ether oxygens (including phenoxy) is 1. The lowest BCUT2D eigenvalue weighted by molar-refractivity contribution is -0.137. The Kier molecular flexibility index (Phi) is 4.49. The van der Waals surface area contributed by atoms with E-state index in [0.29, 0.717) is 15.4 Å². The number of carbonyl (C=O) groups is 1. The van der Waals surface area contributed by atoms with Gasteiger partial charge in [0.25, 0.3) is 5.56 Å². The van der Waals surface area contributed by atoms with Crippen molar-refractivity contribution in [2.24, 2.45) is 7.05 Å². The van der Waals surface area contributed by atoms with Crippen molar-refractivity contribution in [1.82, 2.24) is 9.55 Å². The first-order valence-electron chi connectivity index (χ1n) is 6.85. The van der Waals surface area contributed by atoms with Gasteiger partial charge in [0.1, 0.15) is 4.70 Å². The van der Waals surface area contributed by atoms with Crippen LogP contribution in [0.25, 0.3) is 20.7 Å². The highest BCUT2D eigenvalue weighted by Crippen LogP contribution is 2.31. The minimum absolute atomic E-state index is 0.102. The third-order valence-electron chi connectivity index (χ3n) is 3.32. The van der Waals surface area contributed by atoms with E-state index in [2.05, 4.69) is 9.72 Å². The highest BCUT2D eigenvalue weighted by atomic mass is 32.2. The molecule has 2 heterocycles. The van der Waals surface area contributed by atoms with Gasteiger partial charge < -0.3 is 4.74 Å². The van der Waals surface area contributed by atoms with Gasteiger partial charge in [0.05, 0.1) is 18.4 Å². The fourth-order valence-corrected chi connectivity index (χ4v) is 3.97. The molecule has 0 unspecified atom stereocenters. The molecule has 0 spiro atoms. The second kappa shape index (κ2) is 6.55.